The van der Waals surface area contributed by atoms with Gasteiger partial charge >= 0.3 is 0 Å². The highest BCUT2D eigenvalue weighted by Gasteiger charge is 2.18. The Balaban J connectivity index is 2.89. The van der Waals surface area contributed by atoms with Gasteiger partial charge in [0.05, 0.1) is 11.0 Å². The van der Waals surface area contributed by atoms with E-state index >= 15 is 0 Å². The van der Waals surface area contributed by atoms with Crippen molar-refractivity contribution < 1.29 is 9.72 Å². The molecule has 0 saturated heterocycles. The second kappa shape index (κ2) is 6.14. The zero-order valence-corrected chi connectivity index (χ0v) is 10.9. The molecule has 1 unspecified atom stereocenters. The van der Waals surface area contributed by atoms with Crippen molar-refractivity contribution in [2.24, 2.45) is 0 Å². The van der Waals surface area contributed by atoms with Crippen LogP contribution in [0.25, 0.3) is 0 Å². The Hall–Kier alpha value is -1.91. The summed E-state index contributed by atoms with van der Waals surface area (Å²) in [6, 6.07) is 6.24. The number of carbonyl (C=O) groups is 1. The van der Waals surface area contributed by atoms with E-state index in [9.17, 15) is 14.9 Å². The summed E-state index contributed by atoms with van der Waals surface area (Å²) in [6.07, 6.45) is 1.29. The van der Waals surface area contributed by atoms with Gasteiger partial charge in [-0.25, -0.2) is 0 Å². The summed E-state index contributed by atoms with van der Waals surface area (Å²) >= 11 is 0. The molecule has 1 aromatic rings. The number of rotatable bonds is 5. The molecule has 0 aliphatic rings. The van der Waals surface area contributed by atoms with E-state index in [1.54, 1.807) is 24.1 Å². The van der Waals surface area contributed by atoms with E-state index in [0.29, 0.717) is 6.42 Å². The van der Waals surface area contributed by atoms with Crippen LogP contribution in [0.4, 0.5) is 5.69 Å². The van der Waals surface area contributed by atoms with Crippen molar-refractivity contribution in [2.75, 3.05) is 7.05 Å². The summed E-state index contributed by atoms with van der Waals surface area (Å²) in [5.41, 5.74) is 0.826. The molecule has 1 aromatic carbocycles. The topological polar surface area (TPSA) is 63.5 Å². The van der Waals surface area contributed by atoms with E-state index in [1.807, 2.05) is 13.8 Å². The van der Waals surface area contributed by atoms with Crippen LogP contribution >= 0.6 is 0 Å². The molecule has 0 fully saturated rings. The monoisotopic (exact) mass is 250 g/mol. The minimum absolute atomic E-state index is 0.0516. The Labute approximate surface area is 107 Å². The molecular formula is C13H18N2O3. The lowest BCUT2D eigenvalue weighted by atomic mass is 10.1. The van der Waals surface area contributed by atoms with Crippen molar-refractivity contribution >= 4 is 11.6 Å². The van der Waals surface area contributed by atoms with Crippen LogP contribution < -0.4 is 0 Å². The summed E-state index contributed by atoms with van der Waals surface area (Å²) in [7, 11) is 1.72. The molecule has 0 aliphatic carbocycles. The number of non-ortho nitro benzene ring substituents is 1. The molecule has 0 heterocycles. The number of hydrogen-bond acceptors (Lipinski definition) is 3. The molecule has 5 heteroatoms. The molecular weight excluding hydrogens is 232 g/mol. The summed E-state index contributed by atoms with van der Waals surface area (Å²) in [4.78, 5) is 23.7. The summed E-state index contributed by atoms with van der Waals surface area (Å²) in [5, 5.41) is 10.7. The van der Waals surface area contributed by atoms with Crippen LogP contribution in [-0.2, 0) is 4.79 Å². The van der Waals surface area contributed by atoms with Crippen molar-refractivity contribution in [1.82, 2.24) is 4.90 Å². The van der Waals surface area contributed by atoms with Crippen molar-refractivity contribution in [3.63, 3.8) is 0 Å². The molecule has 0 N–H and O–H groups in total. The number of nitro benzene ring substituents is 1. The number of benzene rings is 1. The second-order valence-corrected chi connectivity index (χ2v) is 4.28. The first kappa shape index (κ1) is 14.2. The number of nitrogens with zero attached hydrogens (tertiary/aromatic N) is 2. The van der Waals surface area contributed by atoms with Crippen LogP contribution in [0.2, 0.25) is 0 Å². The minimum atomic E-state index is -0.427. The Bertz CT molecular complexity index is 446. The fourth-order valence-corrected chi connectivity index (χ4v) is 1.73. The van der Waals surface area contributed by atoms with Gasteiger partial charge in [-0.1, -0.05) is 19.1 Å². The van der Waals surface area contributed by atoms with Crippen molar-refractivity contribution in [3.8, 4) is 0 Å². The zero-order chi connectivity index (χ0) is 13.7. The maximum Gasteiger partial charge on any atom is 0.269 e. The maximum absolute atomic E-state index is 11.8. The molecule has 0 radical (unpaired) electrons. The number of hydrogen-bond donors (Lipinski definition) is 0. The van der Waals surface area contributed by atoms with Gasteiger partial charge in [0.1, 0.15) is 0 Å². The summed E-state index contributed by atoms with van der Waals surface area (Å²) < 4.78 is 0. The van der Waals surface area contributed by atoms with Gasteiger partial charge in [-0.05, 0) is 18.9 Å². The smallest absolute Gasteiger partial charge is 0.269 e. The number of amides is 1. The average Bonchev–Trinajstić information content (AvgIpc) is 2.37. The predicted molar refractivity (Wildman–Crippen MR) is 69.2 cm³/mol. The third-order valence-electron chi connectivity index (χ3n) is 3.00. The first-order valence-corrected chi connectivity index (χ1v) is 5.97. The van der Waals surface area contributed by atoms with Gasteiger partial charge in [0, 0.05) is 25.6 Å². The number of carbonyl (C=O) groups excluding carboxylic acids is 1. The molecule has 1 atom stereocenters. The minimum Gasteiger partial charge on any atom is -0.339 e. The standard InChI is InChI=1S/C13H18N2O3/c1-4-6-13(16)14(3)10(2)11-7-5-8-12(9-11)15(17)18/h5,7-10H,4,6H2,1-3H3. The largest absolute Gasteiger partial charge is 0.339 e. The van der Waals surface area contributed by atoms with Crippen LogP contribution in [0.3, 0.4) is 0 Å². The van der Waals surface area contributed by atoms with E-state index in [1.165, 1.54) is 12.1 Å². The molecule has 98 valence electrons. The van der Waals surface area contributed by atoms with Crippen LogP contribution in [0, 0.1) is 10.1 Å². The van der Waals surface area contributed by atoms with Gasteiger partial charge < -0.3 is 4.90 Å². The van der Waals surface area contributed by atoms with E-state index in [4.69, 9.17) is 0 Å². The normalized spacial score (nSPS) is 11.9. The van der Waals surface area contributed by atoms with Gasteiger partial charge in [-0.15, -0.1) is 0 Å². The van der Waals surface area contributed by atoms with E-state index < -0.39 is 4.92 Å². The van der Waals surface area contributed by atoms with Gasteiger partial charge in [0.25, 0.3) is 5.69 Å². The third-order valence-corrected chi connectivity index (χ3v) is 3.00. The highest BCUT2D eigenvalue weighted by molar-refractivity contribution is 5.76. The molecule has 18 heavy (non-hydrogen) atoms. The van der Waals surface area contributed by atoms with Crippen molar-refractivity contribution in [2.45, 2.75) is 32.7 Å². The number of nitro groups is 1. The highest BCUT2D eigenvalue weighted by Crippen LogP contribution is 2.23. The van der Waals surface area contributed by atoms with E-state index in [-0.39, 0.29) is 17.6 Å². The van der Waals surface area contributed by atoms with Gasteiger partial charge in [-0.3, -0.25) is 14.9 Å². The predicted octanol–water partition coefficient (Wildman–Crippen LogP) is 2.91. The lowest BCUT2D eigenvalue weighted by Crippen LogP contribution is -2.29. The molecule has 0 bridgehead atoms. The molecule has 1 rings (SSSR count). The summed E-state index contributed by atoms with van der Waals surface area (Å²) in [6.45, 7) is 3.82. The first-order chi connectivity index (χ1) is 8.47. The van der Waals surface area contributed by atoms with E-state index in [2.05, 4.69) is 0 Å². The summed E-state index contributed by atoms with van der Waals surface area (Å²) in [5.74, 6) is 0.0523. The molecule has 0 saturated carbocycles. The second-order valence-electron chi connectivity index (χ2n) is 4.28. The van der Waals surface area contributed by atoms with Gasteiger partial charge in [-0.2, -0.15) is 0 Å². The SMILES string of the molecule is CCCC(=O)N(C)C(C)c1cccc([N+](=O)[O-])c1. The molecule has 0 aliphatic heterocycles. The first-order valence-electron chi connectivity index (χ1n) is 5.97. The van der Waals surface area contributed by atoms with E-state index in [0.717, 1.165) is 12.0 Å². The van der Waals surface area contributed by atoms with Crippen LogP contribution in [0.5, 0.6) is 0 Å². The third kappa shape index (κ3) is 3.29. The molecule has 1 amide bonds. The molecule has 0 aromatic heterocycles. The lowest BCUT2D eigenvalue weighted by molar-refractivity contribution is -0.384. The highest BCUT2D eigenvalue weighted by atomic mass is 16.6. The fraction of sp³-hybridized carbons (Fsp3) is 0.462. The zero-order valence-electron chi connectivity index (χ0n) is 10.9. The van der Waals surface area contributed by atoms with Crippen molar-refractivity contribution in [1.29, 1.82) is 0 Å². The maximum atomic E-state index is 11.8. The van der Waals surface area contributed by atoms with Crippen LogP contribution in [-0.4, -0.2) is 22.8 Å². The van der Waals surface area contributed by atoms with Crippen LogP contribution in [0.1, 0.15) is 38.3 Å². The van der Waals surface area contributed by atoms with Crippen LogP contribution in [0.15, 0.2) is 24.3 Å². The fourth-order valence-electron chi connectivity index (χ4n) is 1.73. The Morgan fingerprint density at radius 2 is 2.17 bits per heavy atom. The molecule has 0 spiro atoms. The quantitative estimate of drug-likeness (QED) is 0.596. The average molecular weight is 250 g/mol. The Morgan fingerprint density at radius 3 is 2.72 bits per heavy atom. The Morgan fingerprint density at radius 1 is 1.50 bits per heavy atom. The Kier molecular flexibility index (Phi) is 4.83. The lowest BCUT2D eigenvalue weighted by Gasteiger charge is -2.25. The van der Waals surface area contributed by atoms with Crippen molar-refractivity contribution in [3.05, 3.63) is 39.9 Å². The molecule has 5 nitrogen and oxygen atoms in total. The van der Waals surface area contributed by atoms with Gasteiger partial charge in [0.15, 0.2) is 0 Å². The van der Waals surface area contributed by atoms with Gasteiger partial charge in [0.2, 0.25) is 5.91 Å².